The monoisotopic (exact) mass is 367 g/mol. The molecule has 0 atom stereocenters. The Kier molecular flexibility index (Phi) is 6.35. The van der Waals surface area contributed by atoms with Crippen molar-refractivity contribution in [1.29, 1.82) is 0 Å². The summed E-state index contributed by atoms with van der Waals surface area (Å²) in [6, 6.07) is 9.72. The van der Waals surface area contributed by atoms with Crippen molar-refractivity contribution in [2.45, 2.75) is 25.8 Å². The molecule has 2 aromatic heterocycles. The highest BCUT2D eigenvalue weighted by Gasteiger charge is 2.22. The average molecular weight is 367 g/mol. The van der Waals surface area contributed by atoms with Crippen molar-refractivity contribution in [1.82, 2.24) is 20.2 Å². The number of hydrogen-bond acceptors (Lipinski definition) is 5. The van der Waals surface area contributed by atoms with Crippen molar-refractivity contribution in [2.24, 2.45) is 0 Å². The molecule has 0 bridgehead atoms. The van der Waals surface area contributed by atoms with E-state index in [0.717, 1.165) is 36.5 Å². The second-order valence-corrected chi connectivity index (χ2v) is 6.67. The van der Waals surface area contributed by atoms with Gasteiger partial charge in [0, 0.05) is 63.2 Å². The van der Waals surface area contributed by atoms with Crippen LogP contribution in [0.5, 0.6) is 0 Å². The molecular weight excluding hydrogens is 342 g/mol. The standard InChI is InChI=1S/C20H25N5O2/c1-24(13-9-17-7-2-3-10-21-17)20-16(6-4-11-22-20)14-23-18(26)15-25-12-5-8-19(25)27/h2-4,6-7,10-11H,5,8-9,12-15H2,1H3,(H,23,26). The number of nitrogens with zero attached hydrogens (tertiary/aromatic N) is 4. The third kappa shape index (κ3) is 5.26. The molecule has 142 valence electrons. The van der Waals surface area contributed by atoms with E-state index in [1.165, 1.54) is 0 Å². The first-order valence-electron chi connectivity index (χ1n) is 9.23. The van der Waals surface area contributed by atoms with E-state index in [2.05, 4.69) is 20.2 Å². The average Bonchev–Trinajstić information content (AvgIpc) is 3.10. The van der Waals surface area contributed by atoms with Gasteiger partial charge in [0.15, 0.2) is 0 Å². The van der Waals surface area contributed by atoms with E-state index in [0.29, 0.717) is 19.5 Å². The number of anilines is 1. The van der Waals surface area contributed by atoms with Crippen LogP contribution in [0, 0.1) is 0 Å². The minimum atomic E-state index is -0.142. The zero-order chi connectivity index (χ0) is 19.1. The topological polar surface area (TPSA) is 78.4 Å². The van der Waals surface area contributed by atoms with Crippen LogP contribution in [0.2, 0.25) is 0 Å². The van der Waals surface area contributed by atoms with Crippen molar-refractivity contribution in [2.75, 3.05) is 31.6 Å². The highest BCUT2D eigenvalue weighted by molar-refractivity contribution is 5.85. The van der Waals surface area contributed by atoms with Gasteiger partial charge in [-0.15, -0.1) is 0 Å². The van der Waals surface area contributed by atoms with E-state index in [1.807, 2.05) is 37.4 Å². The number of aromatic nitrogens is 2. The lowest BCUT2D eigenvalue weighted by atomic mass is 10.2. The first kappa shape index (κ1) is 18.8. The van der Waals surface area contributed by atoms with Crippen LogP contribution in [0.4, 0.5) is 5.82 Å². The molecule has 1 aliphatic heterocycles. The molecule has 0 spiro atoms. The largest absolute Gasteiger partial charge is 0.359 e. The molecule has 0 aliphatic carbocycles. The lowest BCUT2D eigenvalue weighted by Gasteiger charge is -2.21. The fraction of sp³-hybridized carbons (Fsp3) is 0.400. The lowest BCUT2D eigenvalue weighted by Crippen LogP contribution is -2.37. The van der Waals surface area contributed by atoms with E-state index in [1.54, 1.807) is 17.3 Å². The number of likely N-dealkylation sites (tertiary alicyclic amines) is 1. The summed E-state index contributed by atoms with van der Waals surface area (Å²) in [7, 11) is 1.99. The number of amides is 2. The van der Waals surface area contributed by atoms with Gasteiger partial charge < -0.3 is 15.1 Å². The molecule has 3 heterocycles. The Bertz CT molecular complexity index is 781. The fourth-order valence-electron chi connectivity index (χ4n) is 3.14. The van der Waals surface area contributed by atoms with Crippen molar-refractivity contribution in [3.05, 3.63) is 54.0 Å². The van der Waals surface area contributed by atoms with Crippen molar-refractivity contribution >= 4 is 17.6 Å². The Hall–Kier alpha value is -2.96. The molecule has 0 saturated carbocycles. The van der Waals surface area contributed by atoms with Crippen LogP contribution in [0.1, 0.15) is 24.1 Å². The summed E-state index contributed by atoms with van der Waals surface area (Å²) < 4.78 is 0. The van der Waals surface area contributed by atoms with E-state index in [-0.39, 0.29) is 18.4 Å². The minimum Gasteiger partial charge on any atom is -0.359 e. The van der Waals surface area contributed by atoms with Gasteiger partial charge in [0.25, 0.3) is 0 Å². The SMILES string of the molecule is CN(CCc1ccccn1)c1ncccc1CNC(=O)CN1CCCC1=O. The molecule has 0 unspecified atom stereocenters. The Morgan fingerprint density at radius 2 is 2.07 bits per heavy atom. The molecule has 1 fully saturated rings. The van der Waals surface area contributed by atoms with Crippen LogP contribution < -0.4 is 10.2 Å². The third-order valence-electron chi connectivity index (χ3n) is 4.64. The van der Waals surface area contributed by atoms with Gasteiger partial charge in [-0.2, -0.15) is 0 Å². The number of pyridine rings is 2. The second kappa shape index (κ2) is 9.12. The number of rotatable bonds is 8. The van der Waals surface area contributed by atoms with Gasteiger partial charge >= 0.3 is 0 Å². The summed E-state index contributed by atoms with van der Waals surface area (Å²) in [5, 5.41) is 2.90. The van der Waals surface area contributed by atoms with Gasteiger partial charge in [0.1, 0.15) is 5.82 Å². The Balaban J connectivity index is 1.55. The predicted molar refractivity (Wildman–Crippen MR) is 103 cm³/mol. The maximum Gasteiger partial charge on any atom is 0.239 e. The zero-order valence-electron chi connectivity index (χ0n) is 15.6. The molecular formula is C20H25N5O2. The first-order chi connectivity index (χ1) is 13.1. The summed E-state index contributed by atoms with van der Waals surface area (Å²) in [6.45, 7) is 1.96. The number of likely N-dealkylation sites (N-methyl/N-ethyl adjacent to an activating group) is 1. The van der Waals surface area contributed by atoms with Gasteiger partial charge in [-0.25, -0.2) is 4.98 Å². The number of nitrogens with one attached hydrogen (secondary N) is 1. The lowest BCUT2D eigenvalue weighted by molar-refractivity contribution is -0.133. The number of carbonyl (C=O) groups is 2. The summed E-state index contributed by atoms with van der Waals surface area (Å²) in [5.41, 5.74) is 1.98. The van der Waals surface area contributed by atoms with Crippen LogP contribution in [0.3, 0.4) is 0 Å². The molecule has 1 saturated heterocycles. The molecule has 27 heavy (non-hydrogen) atoms. The van der Waals surface area contributed by atoms with Crippen molar-refractivity contribution < 1.29 is 9.59 Å². The van der Waals surface area contributed by atoms with Gasteiger partial charge in [-0.1, -0.05) is 12.1 Å². The number of hydrogen-bond donors (Lipinski definition) is 1. The number of carbonyl (C=O) groups excluding carboxylic acids is 2. The molecule has 2 amide bonds. The van der Waals surface area contributed by atoms with Gasteiger partial charge in [0.05, 0.1) is 6.54 Å². The molecule has 2 aromatic rings. The minimum absolute atomic E-state index is 0.0569. The van der Waals surface area contributed by atoms with Crippen LogP contribution >= 0.6 is 0 Å². The summed E-state index contributed by atoms with van der Waals surface area (Å²) in [6.07, 6.45) is 5.74. The highest BCUT2D eigenvalue weighted by atomic mass is 16.2. The maximum atomic E-state index is 12.2. The normalized spacial score (nSPS) is 13.7. The Labute approximate surface area is 159 Å². The van der Waals surface area contributed by atoms with Crippen molar-refractivity contribution in [3.8, 4) is 0 Å². The molecule has 0 radical (unpaired) electrons. The first-order valence-corrected chi connectivity index (χ1v) is 9.23. The van der Waals surface area contributed by atoms with E-state index < -0.39 is 0 Å². The molecule has 0 aromatic carbocycles. The second-order valence-electron chi connectivity index (χ2n) is 6.67. The molecule has 3 rings (SSSR count). The van der Waals surface area contributed by atoms with E-state index in [9.17, 15) is 9.59 Å². The van der Waals surface area contributed by atoms with Crippen LogP contribution in [0.15, 0.2) is 42.7 Å². The molecule has 7 heteroatoms. The quantitative estimate of drug-likeness (QED) is 0.763. The molecule has 1 N–H and O–H groups in total. The fourth-order valence-corrected chi connectivity index (χ4v) is 3.14. The zero-order valence-corrected chi connectivity index (χ0v) is 15.6. The van der Waals surface area contributed by atoms with Crippen LogP contribution in [-0.2, 0) is 22.6 Å². The predicted octanol–water partition coefficient (Wildman–Crippen LogP) is 1.39. The summed E-state index contributed by atoms with van der Waals surface area (Å²) in [4.78, 5) is 36.3. The molecule has 1 aliphatic rings. The smallest absolute Gasteiger partial charge is 0.239 e. The molecule has 7 nitrogen and oxygen atoms in total. The Morgan fingerprint density at radius 1 is 1.22 bits per heavy atom. The van der Waals surface area contributed by atoms with Gasteiger partial charge in [-0.3, -0.25) is 14.6 Å². The third-order valence-corrected chi connectivity index (χ3v) is 4.64. The van der Waals surface area contributed by atoms with Crippen LogP contribution in [0.25, 0.3) is 0 Å². The summed E-state index contributed by atoms with van der Waals surface area (Å²) in [5.74, 6) is 0.753. The van der Waals surface area contributed by atoms with E-state index in [4.69, 9.17) is 0 Å². The van der Waals surface area contributed by atoms with Crippen molar-refractivity contribution in [3.63, 3.8) is 0 Å². The Morgan fingerprint density at radius 3 is 2.81 bits per heavy atom. The highest BCUT2D eigenvalue weighted by Crippen LogP contribution is 2.16. The van der Waals surface area contributed by atoms with Gasteiger partial charge in [0.2, 0.25) is 11.8 Å². The maximum absolute atomic E-state index is 12.2. The van der Waals surface area contributed by atoms with E-state index >= 15 is 0 Å². The van der Waals surface area contributed by atoms with Crippen LogP contribution in [-0.4, -0.2) is 53.4 Å². The van der Waals surface area contributed by atoms with Gasteiger partial charge in [-0.05, 0) is 24.6 Å². The summed E-state index contributed by atoms with van der Waals surface area (Å²) >= 11 is 0.